The second-order valence-corrected chi connectivity index (χ2v) is 13.6. The third kappa shape index (κ3) is 8.66. The van der Waals surface area contributed by atoms with Crippen molar-refractivity contribution in [3.05, 3.63) is 0 Å². The summed E-state index contributed by atoms with van der Waals surface area (Å²) in [5, 5.41) is 3.71. The molecule has 0 aromatic rings. The van der Waals surface area contributed by atoms with Crippen molar-refractivity contribution >= 4 is 8.32 Å². The van der Waals surface area contributed by atoms with Gasteiger partial charge in [-0.1, -0.05) is 13.3 Å². The lowest BCUT2D eigenvalue weighted by atomic mass is 9.81. The molecule has 1 saturated heterocycles. The van der Waals surface area contributed by atoms with Gasteiger partial charge in [0.1, 0.15) is 0 Å². The van der Waals surface area contributed by atoms with Gasteiger partial charge in [-0.2, -0.15) is 0 Å². The van der Waals surface area contributed by atoms with Crippen LogP contribution in [-0.4, -0.2) is 38.2 Å². The number of hydrogen-bond donors (Lipinski definition) is 1. The van der Waals surface area contributed by atoms with Gasteiger partial charge in [0.2, 0.25) is 0 Å². The average Bonchev–Trinajstić information content (AvgIpc) is 2.29. The van der Waals surface area contributed by atoms with Gasteiger partial charge in [0.05, 0.1) is 6.10 Å². The van der Waals surface area contributed by atoms with Gasteiger partial charge in [0.15, 0.2) is 8.32 Å². The predicted octanol–water partition coefficient (Wildman–Crippen LogP) is 5.11. The molecular formula is C19H41NO2Si. The molecule has 1 rings (SSSR count). The molecule has 0 saturated carbocycles. The van der Waals surface area contributed by atoms with Gasteiger partial charge in [-0.3, -0.25) is 0 Å². The molecule has 1 unspecified atom stereocenters. The molecule has 1 aliphatic heterocycles. The molecule has 1 aliphatic rings. The van der Waals surface area contributed by atoms with Crippen molar-refractivity contribution in [2.24, 2.45) is 0 Å². The molecule has 0 spiro atoms. The minimum Gasteiger partial charge on any atom is -0.415 e. The molecule has 1 N–H and O–H groups in total. The van der Waals surface area contributed by atoms with Crippen LogP contribution in [0.5, 0.6) is 0 Å². The van der Waals surface area contributed by atoms with Crippen molar-refractivity contribution in [2.75, 3.05) is 6.61 Å². The predicted molar refractivity (Wildman–Crippen MR) is 103 cm³/mol. The molecule has 4 heteroatoms. The smallest absolute Gasteiger partial charge is 0.187 e. The van der Waals surface area contributed by atoms with E-state index in [1.54, 1.807) is 0 Å². The van der Waals surface area contributed by atoms with E-state index in [9.17, 15) is 0 Å². The van der Waals surface area contributed by atoms with Crippen LogP contribution in [0.15, 0.2) is 0 Å². The van der Waals surface area contributed by atoms with Crippen LogP contribution in [0.4, 0.5) is 0 Å². The maximum Gasteiger partial charge on any atom is 0.187 e. The summed E-state index contributed by atoms with van der Waals surface area (Å²) in [6.07, 6.45) is 6.38. The highest BCUT2D eigenvalue weighted by Gasteiger charge is 2.38. The zero-order valence-corrected chi connectivity index (χ0v) is 17.9. The van der Waals surface area contributed by atoms with Crippen LogP contribution in [-0.2, 0) is 9.16 Å². The van der Waals surface area contributed by atoms with Crippen LogP contribution < -0.4 is 5.32 Å². The zero-order valence-electron chi connectivity index (χ0n) is 16.9. The number of ether oxygens (including phenoxy) is 1. The Bertz CT molecular complexity index is 339. The Hall–Kier alpha value is 0.0969. The lowest BCUT2D eigenvalue weighted by Gasteiger charge is -2.46. The number of hydrogen-bond acceptors (Lipinski definition) is 3. The molecule has 0 aromatic heterocycles. The van der Waals surface area contributed by atoms with Gasteiger partial charge in [-0.05, 0) is 79.4 Å². The van der Waals surface area contributed by atoms with Crippen molar-refractivity contribution in [1.82, 2.24) is 5.32 Å². The molecule has 1 atom stereocenters. The SMILES string of the molecule is CCC[Si](C)(C)OC(C)CCCOC1CC(C)(C)NC(C)(C)C1. The van der Waals surface area contributed by atoms with E-state index in [0.29, 0.717) is 12.2 Å². The van der Waals surface area contributed by atoms with E-state index < -0.39 is 8.32 Å². The Morgan fingerprint density at radius 3 is 2.22 bits per heavy atom. The van der Waals surface area contributed by atoms with E-state index in [1.807, 2.05) is 0 Å². The van der Waals surface area contributed by atoms with Crippen molar-refractivity contribution in [1.29, 1.82) is 0 Å². The molecule has 1 heterocycles. The second-order valence-electron chi connectivity index (χ2n) is 9.37. The Morgan fingerprint density at radius 1 is 1.13 bits per heavy atom. The number of nitrogens with one attached hydrogen (secondary N) is 1. The fourth-order valence-corrected chi connectivity index (χ4v) is 6.76. The molecule has 0 aliphatic carbocycles. The van der Waals surface area contributed by atoms with Gasteiger partial charge in [-0.15, -0.1) is 0 Å². The Labute approximate surface area is 146 Å². The molecule has 1 fully saturated rings. The molecule has 138 valence electrons. The standard InChI is InChI=1S/C19H41NO2Si/c1-9-13-23(7,8)22-16(2)11-10-12-21-17-14-18(3,4)20-19(5,6)15-17/h16-17,20H,9-15H2,1-8H3. The zero-order chi connectivity index (χ0) is 17.7. The van der Waals surface area contributed by atoms with Crippen LogP contribution in [0.3, 0.4) is 0 Å². The summed E-state index contributed by atoms with van der Waals surface area (Å²) in [6, 6.07) is 1.26. The maximum absolute atomic E-state index is 6.31. The van der Waals surface area contributed by atoms with Crippen molar-refractivity contribution in [3.63, 3.8) is 0 Å². The van der Waals surface area contributed by atoms with E-state index in [2.05, 4.69) is 60.0 Å². The third-order valence-electron chi connectivity index (χ3n) is 4.63. The Balaban J connectivity index is 2.26. The Kier molecular flexibility index (Phi) is 7.78. The molecule has 3 nitrogen and oxygen atoms in total. The van der Waals surface area contributed by atoms with E-state index >= 15 is 0 Å². The second kappa shape index (κ2) is 8.46. The summed E-state index contributed by atoms with van der Waals surface area (Å²) in [4.78, 5) is 0. The highest BCUT2D eigenvalue weighted by Crippen LogP contribution is 2.30. The summed E-state index contributed by atoms with van der Waals surface area (Å²) in [5.41, 5.74) is 0.331. The van der Waals surface area contributed by atoms with Crippen LogP contribution >= 0.6 is 0 Å². The quantitative estimate of drug-likeness (QED) is 0.466. The lowest BCUT2D eigenvalue weighted by molar-refractivity contribution is -0.0246. The van der Waals surface area contributed by atoms with Gasteiger partial charge < -0.3 is 14.5 Å². The van der Waals surface area contributed by atoms with E-state index in [-0.39, 0.29) is 11.1 Å². The van der Waals surface area contributed by atoms with E-state index in [4.69, 9.17) is 9.16 Å². The minimum absolute atomic E-state index is 0.165. The van der Waals surface area contributed by atoms with Crippen LogP contribution in [0.2, 0.25) is 19.1 Å². The maximum atomic E-state index is 6.31. The first-order valence-corrected chi connectivity index (χ1v) is 12.6. The first-order valence-electron chi connectivity index (χ1n) is 9.53. The van der Waals surface area contributed by atoms with Gasteiger partial charge in [-0.25, -0.2) is 0 Å². The van der Waals surface area contributed by atoms with Crippen molar-refractivity contribution in [3.8, 4) is 0 Å². The summed E-state index contributed by atoms with van der Waals surface area (Å²) >= 11 is 0. The first-order chi connectivity index (χ1) is 10.4. The van der Waals surface area contributed by atoms with Gasteiger partial charge in [0, 0.05) is 23.8 Å². The summed E-state index contributed by atoms with van der Waals surface area (Å²) in [6.45, 7) is 19.1. The summed E-state index contributed by atoms with van der Waals surface area (Å²) in [7, 11) is -1.45. The van der Waals surface area contributed by atoms with E-state index in [0.717, 1.165) is 32.3 Å². The monoisotopic (exact) mass is 343 g/mol. The number of rotatable bonds is 9. The van der Waals surface area contributed by atoms with Crippen molar-refractivity contribution < 1.29 is 9.16 Å². The normalized spacial score (nSPS) is 23.0. The molecule has 23 heavy (non-hydrogen) atoms. The van der Waals surface area contributed by atoms with E-state index in [1.165, 1.54) is 12.5 Å². The highest BCUT2D eigenvalue weighted by molar-refractivity contribution is 6.71. The molecule has 0 amide bonds. The highest BCUT2D eigenvalue weighted by atomic mass is 28.4. The summed E-state index contributed by atoms with van der Waals surface area (Å²) in [5.74, 6) is 0. The van der Waals surface area contributed by atoms with Gasteiger partial charge in [0.25, 0.3) is 0 Å². The lowest BCUT2D eigenvalue weighted by Crippen LogP contribution is -2.59. The topological polar surface area (TPSA) is 30.5 Å². The van der Waals surface area contributed by atoms with Crippen molar-refractivity contribution in [2.45, 2.75) is 116 Å². The molecular weight excluding hydrogens is 302 g/mol. The third-order valence-corrected chi connectivity index (χ3v) is 7.38. The van der Waals surface area contributed by atoms with Crippen LogP contribution in [0.25, 0.3) is 0 Å². The van der Waals surface area contributed by atoms with Crippen LogP contribution in [0.1, 0.15) is 73.6 Å². The first kappa shape index (κ1) is 21.1. The average molecular weight is 344 g/mol. The Morgan fingerprint density at radius 2 is 1.70 bits per heavy atom. The fourth-order valence-electron chi connectivity index (χ4n) is 4.23. The summed E-state index contributed by atoms with van der Waals surface area (Å²) < 4.78 is 12.5. The molecule has 0 radical (unpaired) electrons. The number of piperidine rings is 1. The molecule has 0 aromatic carbocycles. The molecule has 0 bridgehead atoms. The fraction of sp³-hybridized carbons (Fsp3) is 1.00. The van der Waals surface area contributed by atoms with Crippen LogP contribution in [0, 0.1) is 0 Å². The van der Waals surface area contributed by atoms with Gasteiger partial charge >= 0.3 is 0 Å². The largest absolute Gasteiger partial charge is 0.415 e. The minimum atomic E-state index is -1.45.